The van der Waals surface area contributed by atoms with Gasteiger partial charge in [-0.1, -0.05) is 0 Å². The number of nitro groups is 2. The number of aliphatic hydroxyl groups is 1. The average molecular weight is 683 g/mol. The summed E-state index contributed by atoms with van der Waals surface area (Å²) in [6, 6.07) is 14.1. The number of anilines is 2. The molecule has 2 N–H and O–H groups in total. The lowest BCUT2D eigenvalue weighted by molar-refractivity contribution is -0.385. The number of nitrogens with zero attached hydrogens (tertiary/aromatic N) is 3. The fourth-order valence-electron chi connectivity index (χ4n) is 3.99. The first-order valence-electron chi connectivity index (χ1n) is 12.7. The van der Waals surface area contributed by atoms with Gasteiger partial charge in [0.25, 0.3) is 31.4 Å². The van der Waals surface area contributed by atoms with Gasteiger partial charge in [-0.2, -0.15) is 0 Å². The van der Waals surface area contributed by atoms with E-state index in [1.807, 2.05) is 4.72 Å². The number of nitro benzene ring substituents is 2. The predicted octanol–water partition coefficient (Wildman–Crippen LogP) is 4.36. The number of halogens is 3. The SMILES string of the molecule is O=[N+]([O-])c1ccc(F)c(NS(=O)(=O)c2ccc(F)cc2)c1.O=[N+]([O-])c1ccc2c(c1)N(S(=O)(=O)c1ccc(F)cc1)C[C@H](CO)O2. The highest BCUT2D eigenvalue weighted by atomic mass is 32.2. The van der Waals surface area contributed by atoms with Crippen molar-refractivity contribution < 1.29 is 49.7 Å². The van der Waals surface area contributed by atoms with E-state index in [9.17, 15) is 55.3 Å². The second kappa shape index (κ2) is 13.4. The van der Waals surface area contributed by atoms with Crippen LogP contribution in [-0.2, 0) is 20.0 Å². The van der Waals surface area contributed by atoms with Gasteiger partial charge in [-0.15, -0.1) is 0 Å². The smallest absolute Gasteiger partial charge is 0.271 e. The average Bonchev–Trinajstić information content (AvgIpc) is 3.01. The molecular formula is C27H21F3N4O10S2. The number of aliphatic hydroxyl groups excluding tert-OH is 1. The first kappa shape index (κ1) is 33.6. The number of hydrogen-bond donors (Lipinski definition) is 2. The van der Waals surface area contributed by atoms with Crippen molar-refractivity contribution in [2.45, 2.75) is 15.9 Å². The molecule has 0 saturated heterocycles. The lowest BCUT2D eigenvalue weighted by atomic mass is 10.2. The molecule has 0 aliphatic carbocycles. The van der Waals surface area contributed by atoms with Crippen LogP contribution in [0.1, 0.15) is 0 Å². The Labute approximate surface area is 258 Å². The van der Waals surface area contributed by atoms with Gasteiger partial charge in [-0.3, -0.25) is 29.3 Å². The van der Waals surface area contributed by atoms with Crippen LogP contribution in [0.4, 0.5) is 35.9 Å². The van der Waals surface area contributed by atoms with Crippen LogP contribution in [0.25, 0.3) is 0 Å². The molecular weight excluding hydrogens is 661 g/mol. The molecule has 46 heavy (non-hydrogen) atoms. The van der Waals surface area contributed by atoms with Crippen LogP contribution in [-0.4, -0.2) is 51.0 Å². The number of ether oxygens (including phenoxy) is 1. The summed E-state index contributed by atoms with van der Waals surface area (Å²) in [7, 11) is -8.30. The molecule has 0 fully saturated rings. The molecule has 14 nitrogen and oxygen atoms in total. The van der Waals surface area contributed by atoms with Crippen molar-refractivity contribution in [2.24, 2.45) is 0 Å². The number of fused-ring (bicyclic) bond motifs is 1. The van der Waals surface area contributed by atoms with Crippen LogP contribution in [0.15, 0.2) is 94.7 Å². The van der Waals surface area contributed by atoms with Gasteiger partial charge in [0.05, 0.1) is 38.5 Å². The predicted molar refractivity (Wildman–Crippen MR) is 156 cm³/mol. The summed E-state index contributed by atoms with van der Waals surface area (Å²) in [5, 5.41) is 30.9. The second-order valence-corrected chi connectivity index (χ2v) is 12.8. The summed E-state index contributed by atoms with van der Waals surface area (Å²) >= 11 is 0. The normalized spacial score (nSPS) is 14.3. The standard InChI is InChI=1S/C15H13FN2O6S.C12H8F2N2O4S/c16-10-1-4-13(5-2-10)25(22,23)17-8-12(9-19)24-15-6-3-11(18(20)21)7-14(15)17;13-8-1-4-10(5-2-8)21(19,20)15-12-7-9(16(17)18)3-6-11(12)14/h1-7,12,19H,8-9H2;1-7,15H/t12-;/m1./s1. The van der Waals surface area contributed by atoms with Gasteiger partial charge in [0, 0.05) is 24.3 Å². The van der Waals surface area contributed by atoms with Gasteiger partial charge in [0.2, 0.25) is 0 Å². The van der Waals surface area contributed by atoms with E-state index in [0.29, 0.717) is 0 Å². The van der Waals surface area contributed by atoms with Gasteiger partial charge in [-0.25, -0.2) is 30.0 Å². The monoisotopic (exact) mass is 682 g/mol. The maximum Gasteiger partial charge on any atom is 0.271 e. The van der Waals surface area contributed by atoms with E-state index in [4.69, 9.17) is 4.74 Å². The highest BCUT2D eigenvalue weighted by molar-refractivity contribution is 7.93. The minimum absolute atomic E-state index is 0.0109. The van der Waals surface area contributed by atoms with Crippen molar-refractivity contribution in [1.29, 1.82) is 0 Å². The van der Waals surface area contributed by atoms with Crippen LogP contribution in [0.3, 0.4) is 0 Å². The summed E-state index contributed by atoms with van der Waals surface area (Å²) in [5.41, 5.74) is -1.34. The molecule has 1 heterocycles. The minimum atomic E-state index is -4.17. The van der Waals surface area contributed by atoms with Crippen molar-refractivity contribution in [3.8, 4) is 5.75 Å². The number of sulfonamides is 2. The van der Waals surface area contributed by atoms with Crippen molar-refractivity contribution in [1.82, 2.24) is 0 Å². The third kappa shape index (κ3) is 7.50. The van der Waals surface area contributed by atoms with Crippen LogP contribution in [0.5, 0.6) is 5.75 Å². The summed E-state index contributed by atoms with van der Waals surface area (Å²) in [6.07, 6.45) is -0.829. The zero-order valence-corrected chi connectivity index (χ0v) is 24.6. The Morgan fingerprint density at radius 1 is 0.804 bits per heavy atom. The van der Waals surface area contributed by atoms with E-state index in [1.54, 1.807) is 0 Å². The molecule has 0 spiro atoms. The molecule has 0 bridgehead atoms. The summed E-state index contributed by atoms with van der Waals surface area (Å²) in [4.78, 5) is 19.7. The Bertz CT molecular complexity index is 2000. The van der Waals surface area contributed by atoms with Crippen molar-refractivity contribution in [3.05, 3.63) is 123 Å². The zero-order valence-electron chi connectivity index (χ0n) is 23.0. The highest BCUT2D eigenvalue weighted by Crippen LogP contribution is 2.39. The molecule has 5 rings (SSSR count). The summed E-state index contributed by atoms with van der Waals surface area (Å²) in [6.45, 7) is -0.670. The van der Waals surface area contributed by atoms with Crippen LogP contribution < -0.4 is 13.8 Å². The van der Waals surface area contributed by atoms with Gasteiger partial charge in [0.1, 0.15) is 35.0 Å². The molecule has 4 aromatic rings. The Morgan fingerprint density at radius 3 is 1.87 bits per heavy atom. The Morgan fingerprint density at radius 2 is 1.33 bits per heavy atom. The molecule has 242 valence electrons. The Balaban J connectivity index is 0.000000212. The van der Waals surface area contributed by atoms with E-state index in [-0.39, 0.29) is 33.5 Å². The van der Waals surface area contributed by atoms with E-state index in [1.165, 1.54) is 12.1 Å². The quantitative estimate of drug-likeness (QED) is 0.199. The number of benzene rings is 4. The molecule has 1 aliphatic heterocycles. The van der Waals surface area contributed by atoms with Gasteiger partial charge >= 0.3 is 0 Å². The summed E-state index contributed by atoms with van der Waals surface area (Å²) < 4.78 is 97.4. The number of hydrogen-bond acceptors (Lipinski definition) is 10. The third-order valence-corrected chi connectivity index (χ3v) is 9.39. The zero-order chi connectivity index (χ0) is 33.8. The highest BCUT2D eigenvalue weighted by Gasteiger charge is 2.35. The fraction of sp³-hybridized carbons (Fsp3) is 0.111. The molecule has 0 unspecified atom stereocenters. The lowest BCUT2D eigenvalue weighted by Crippen LogP contribution is -2.45. The minimum Gasteiger partial charge on any atom is -0.484 e. The molecule has 0 saturated carbocycles. The fourth-order valence-corrected chi connectivity index (χ4v) is 6.55. The van der Waals surface area contributed by atoms with Crippen LogP contribution in [0.2, 0.25) is 0 Å². The van der Waals surface area contributed by atoms with Crippen LogP contribution >= 0.6 is 0 Å². The first-order chi connectivity index (χ1) is 21.6. The van der Waals surface area contributed by atoms with E-state index < -0.39 is 71.4 Å². The third-order valence-electron chi connectivity index (χ3n) is 6.22. The maximum atomic E-state index is 13.5. The van der Waals surface area contributed by atoms with Gasteiger partial charge in [-0.05, 0) is 60.7 Å². The van der Waals surface area contributed by atoms with E-state index in [2.05, 4.69) is 0 Å². The molecule has 0 radical (unpaired) electrons. The molecule has 1 atom stereocenters. The van der Waals surface area contributed by atoms with E-state index in [0.717, 1.165) is 77.1 Å². The molecule has 4 aromatic carbocycles. The van der Waals surface area contributed by atoms with Gasteiger partial charge in [0.15, 0.2) is 0 Å². The number of rotatable bonds is 8. The van der Waals surface area contributed by atoms with Crippen molar-refractivity contribution in [3.63, 3.8) is 0 Å². The molecule has 0 aromatic heterocycles. The number of nitrogens with one attached hydrogen (secondary N) is 1. The molecule has 19 heteroatoms. The van der Waals surface area contributed by atoms with Crippen LogP contribution in [0, 0.1) is 37.7 Å². The first-order valence-corrected chi connectivity index (χ1v) is 15.6. The van der Waals surface area contributed by atoms with Gasteiger partial charge < -0.3 is 9.84 Å². The van der Waals surface area contributed by atoms with Crippen molar-refractivity contribution in [2.75, 3.05) is 22.2 Å². The maximum absolute atomic E-state index is 13.5. The van der Waals surface area contributed by atoms with Crippen molar-refractivity contribution >= 4 is 42.8 Å². The largest absolute Gasteiger partial charge is 0.484 e. The molecule has 1 aliphatic rings. The lowest BCUT2D eigenvalue weighted by Gasteiger charge is -2.34. The topological polar surface area (TPSA) is 199 Å². The second-order valence-electron chi connectivity index (χ2n) is 9.30. The number of non-ortho nitro benzene ring substituents is 2. The summed E-state index contributed by atoms with van der Waals surface area (Å²) in [5.74, 6) is -2.09. The Kier molecular flexibility index (Phi) is 9.78. The Hall–Kier alpha value is -5.27. The molecule has 0 amide bonds. The van der Waals surface area contributed by atoms with E-state index >= 15 is 0 Å².